The largest absolute Gasteiger partial charge is 0.452 e. The zero-order valence-electron chi connectivity index (χ0n) is 42.2. The molecule has 12 rings (SSSR count). The summed E-state index contributed by atoms with van der Waals surface area (Å²) in [5, 5.41) is 0. The first kappa shape index (κ1) is 47.5. The zero-order chi connectivity index (χ0) is 51.6. The summed E-state index contributed by atoms with van der Waals surface area (Å²) in [6, 6.07) is 107. The van der Waals surface area contributed by atoms with Crippen molar-refractivity contribution >= 4 is 68.2 Å². The number of hydrogen-bond donors (Lipinski definition) is 0. The fraction of sp³-hybridized carbons (Fsp3) is 0. The van der Waals surface area contributed by atoms with Crippen LogP contribution in [0.2, 0.25) is 0 Å². The number of hydrogen-bond acceptors (Lipinski definition) is 6. The molecule has 7 nitrogen and oxygen atoms in total. The van der Waals surface area contributed by atoms with Gasteiger partial charge in [0.1, 0.15) is 11.5 Å². The number of aromatic nitrogens is 1. The second kappa shape index (κ2) is 22.3. The second-order valence-electron chi connectivity index (χ2n) is 18.3. The van der Waals surface area contributed by atoms with Crippen molar-refractivity contribution in [2.24, 2.45) is 0 Å². The third-order valence-corrected chi connectivity index (χ3v) is 13.2. The molecule has 0 radical (unpaired) electrons. The van der Waals surface area contributed by atoms with E-state index in [0.717, 1.165) is 73.9 Å². The number of para-hydroxylation sites is 9. The summed E-state index contributed by atoms with van der Waals surface area (Å²) < 4.78 is 16.7. The minimum absolute atomic E-state index is 0.520. The van der Waals surface area contributed by atoms with Gasteiger partial charge in [-0.15, -0.1) is 0 Å². The molecule has 0 aliphatic heterocycles. The van der Waals surface area contributed by atoms with Crippen molar-refractivity contribution in [3.8, 4) is 28.7 Å². The summed E-state index contributed by atoms with van der Waals surface area (Å²) in [5.74, 6) is 2.25. The van der Waals surface area contributed by atoms with Crippen molar-refractivity contribution in [2.75, 3.05) is 19.6 Å². The fourth-order valence-corrected chi connectivity index (χ4v) is 9.75. The van der Waals surface area contributed by atoms with Crippen molar-refractivity contribution in [1.29, 1.82) is 0 Å². The van der Waals surface area contributed by atoms with Crippen LogP contribution in [-0.2, 0) is 0 Å². The van der Waals surface area contributed by atoms with E-state index in [1.165, 1.54) is 0 Å². The smallest absolute Gasteiger partial charge is 0.187 e. The van der Waals surface area contributed by atoms with Gasteiger partial charge in [-0.05, 0) is 121 Å². The lowest BCUT2D eigenvalue weighted by Gasteiger charge is -2.30. The minimum atomic E-state index is 0.520. The molecule has 1 heterocycles. The average Bonchev–Trinajstić information content (AvgIpc) is 3.91. The lowest BCUT2D eigenvalue weighted by Crippen LogP contribution is -2.13. The first-order valence-electron chi connectivity index (χ1n) is 25.7. The third kappa shape index (κ3) is 10.6. The molecular weight excluding hydrogens is 943 g/mol. The lowest BCUT2D eigenvalue weighted by atomic mass is 10.1. The summed E-state index contributed by atoms with van der Waals surface area (Å²) >= 11 is 0. The first-order chi connectivity index (χ1) is 38.2. The van der Waals surface area contributed by atoms with E-state index >= 15 is 0 Å². The Labute approximate surface area is 450 Å². The van der Waals surface area contributed by atoms with Crippen LogP contribution in [0.1, 0.15) is 0 Å². The van der Waals surface area contributed by atoms with Crippen molar-refractivity contribution < 1.29 is 9.47 Å². The van der Waals surface area contributed by atoms with Gasteiger partial charge in [0, 0.05) is 75.5 Å². The predicted octanol–water partition coefficient (Wildman–Crippen LogP) is 19.9. The number of ether oxygens (including phenoxy) is 2. The maximum absolute atomic E-state index is 7.32. The van der Waals surface area contributed by atoms with Crippen molar-refractivity contribution in [2.45, 2.75) is 0 Å². The Hall–Kier alpha value is -10.5. The van der Waals surface area contributed by atoms with E-state index in [4.69, 9.17) is 9.47 Å². The van der Waals surface area contributed by atoms with Crippen LogP contribution in [0.5, 0.6) is 23.0 Å². The Morgan fingerprint density at radius 2 is 0.403 bits per heavy atom. The molecule has 12 aromatic rings. The van der Waals surface area contributed by atoms with Gasteiger partial charge in [0.2, 0.25) is 0 Å². The molecule has 0 bridgehead atoms. The van der Waals surface area contributed by atoms with Gasteiger partial charge in [-0.3, -0.25) is 0 Å². The Morgan fingerprint density at radius 3 is 0.610 bits per heavy atom. The molecule has 0 unspecified atom stereocenters. The van der Waals surface area contributed by atoms with Gasteiger partial charge in [-0.2, -0.15) is 0 Å². The highest BCUT2D eigenvalue weighted by Gasteiger charge is 2.24. The van der Waals surface area contributed by atoms with Gasteiger partial charge in [0.25, 0.3) is 0 Å². The maximum atomic E-state index is 7.32. The van der Waals surface area contributed by atoms with Gasteiger partial charge in [0.15, 0.2) is 11.5 Å². The molecule has 11 aromatic carbocycles. The molecule has 0 atom stereocenters. The molecule has 0 N–H and O–H groups in total. The molecule has 370 valence electrons. The summed E-state index contributed by atoms with van der Waals surface area (Å²) in [4.78, 5) is 9.06. The summed E-state index contributed by atoms with van der Waals surface area (Å²) in [7, 11) is 0. The molecule has 77 heavy (non-hydrogen) atoms. The van der Waals surface area contributed by atoms with Crippen LogP contribution in [0, 0.1) is 0 Å². The van der Waals surface area contributed by atoms with E-state index in [9.17, 15) is 0 Å². The van der Waals surface area contributed by atoms with Crippen molar-refractivity contribution in [1.82, 2.24) is 4.57 Å². The van der Waals surface area contributed by atoms with E-state index in [0.29, 0.717) is 23.0 Å². The number of anilines is 12. The van der Waals surface area contributed by atoms with Gasteiger partial charge < -0.3 is 33.6 Å². The molecule has 0 spiro atoms. The van der Waals surface area contributed by atoms with Crippen LogP contribution < -0.4 is 29.1 Å². The van der Waals surface area contributed by atoms with Gasteiger partial charge >= 0.3 is 0 Å². The van der Waals surface area contributed by atoms with E-state index in [2.05, 4.69) is 267 Å². The zero-order valence-corrected chi connectivity index (χ0v) is 42.2. The van der Waals surface area contributed by atoms with Crippen LogP contribution in [0.3, 0.4) is 0 Å². The molecule has 0 saturated heterocycles. The summed E-state index contributed by atoms with van der Waals surface area (Å²) in [6.45, 7) is 0. The SMILES string of the molecule is c1ccc(N(c2ccccc2)c2cc(Oc3cn(-c4ccccc4)cc3Oc3cc(N(c4ccccc4)c4ccccc4)cc(N(c4ccccc4)c4ccccc4)c3)cc(N(c3ccccc3)c3ccccc3)c2)cc1. The Bertz CT molecular complexity index is 3200. The van der Waals surface area contributed by atoms with Crippen LogP contribution in [-0.4, -0.2) is 4.57 Å². The highest BCUT2D eigenvalue weighted by molar-refractivity contribution is 5.86. The standard InChI is InChI=1S/C70H53N5O2/c1-10-28-54(29-11-1)71-52-69(76-67-48-63(72(55-30-12-2-13-31-55)56-32-14-3-15-33-56)46-64(49-67)73(57-34-16-4-17-35-57)58-36-18-5-19-37-58)70(53-71)77-68-50-65(74(59-38-20-6-21-39-59)60-40-22-7-23-41-60)47-66(51-68)75(61-42-24-8-25-43-61)62-44-26-9-27-45-62/h1-53H. The number of benzene rings is 11. The Morgan fingerprint density at radius 1 is 0.208 bits per heavy atom. The fourth-order valence-electron chi connectivity index (χ4n) is 9.75. The van der Waals surface area contributed by atoms with Crippen LogP contribution >= 0.6 is 0 Å². The second-order valence-corrected chi connectivity index (χ2v) is 18.3. The van der Waals surface area contributed by atoms with E-state index < -0.39 is 0 Å². The molecule has 0 fully saturated rings. The normalized spacial score (nSPS) is 10.9. The summed E-state index contributed by atoms with van der Waals surface area (Å²) in [6.07, 6.45) is 4.00. The predicted molar refractivity (Wildman–Crippen MR) is 318 cm³/mol. The topological polar surface area (TPSA) is 36.4 Å². The van der Waals surface area contributed by atoms with Gasteiger partial charge in [-0.25, -0.2) is 0 Å². The Balaban J connectivity index is 1.05. The average molecular weight is 996 g/mol. The lowest BCUT2D eigenvalue weighted by molar-refractivity contribution is 0.422. The van der Waals surface area contributed by atoms with E-state index in [1.807, 2.05) is 79.1 Å². The number of nitrogens with zero attached hydrogens (tertiary/aromatic N) is 5. The quantitative estimate of drug-likeness (QED) is 0.0905. The molecule has 1 aromatic heterocycles. The highest BCUT2D eigenvalue weighted by atomic mass is 16.5. The first-order valence-corrected chi connectivity index (χ1v) is 25.7. The minimum Gasteiger partial charge on any atom is -0.452 e. The molecular formula is C70H53N5O2. The van der Waals surface area contributed by atoms with Crippen LogP contribution in [0.25, 0.3) is 5.69 Å². The van der Waals surface area contributed by atoms with Crippen molar-refractivity contribution in [3.63, 3.8) is 0 Å². The highest BCUT2D eigenvalue weighted by Crippen LogP contribution is 2.48. The van der Waals surface area contributed by atoms with Crippen molar-refractivity contribution in [3.05, 3.63) is 322 Å². The monoisotopic (exact) mass is 995 g/mol. The summed E-state index contributed by atoms with van der Waals surface area (Å²) in [5.41, 5.74) is 12.6. The van der Waals surface area contributed by atoms with Crippen LogP contribution in [0.15, 0.2) is 322 Å². The van der Waals surface area contributed by atoms with Crippen LogP contribution in [0.4, 0.5) is 68.2 Å². The molecule has 0 amide bonds. The molecule has 0 aliphatic rings. The Kier molecular flexibility index (Phi) is 13.8. The van der Waals surface area contributed by atoms with Gasteiger partial charge in [0.05, 0.1) is 35.1 Å². The van der Waals surface area contributed by atoms with Gasteiger partial charge in [-0.1, -0.05) is 164 Å². The van der Waals surface area contributed by atoms with E-state index in [1.54, 1.807) is 0 Å². The van der Waals surface area contributed by atoms with E-state index in [-0.39, 0.29) is 0 Å². The number of rotatable bonds is 17. The molecule has 7 heteroatoms. The third-order valence-electron chi connectivity index (χ3n) is 13.2. The molecule has 0 saturated carbocycles. The molecule has 0 aliphatic carbocycles. The maximum Gasteiger partial charge on any atom is 0.187 e.